The van der Waals surface area contributed by atoms with Crippen LogP contribution < -0.4 is 5.32 Å². The molecular weight excluding hydrogens is 368 g/mol. The quantitative estimate of drug-likeness (QED) is 0.297. The molecule has 0 aromatic heterocycles. The minimum Gasteiger partial charge on any atom is -0.380 e. The molecular formula is C18H38N4O4S. The monoisotopic (exact) mass is 406 g/mol. The van der Waals surface area contributed by atoms with Crippen LogP contribution in [0.2, 0.25) is 0 Å². The number of sulfonamides is 1. The van der Waals surface area contributed by atoms with E-state index in [0.717, 1.165) is 32.0 Å². The first-order valence-corrected chi connectivity index (χ1v) is 11.7. The number of nitrogens with one attached hydrogen (secondary N) is 1. The van der Waals surface area contributed by atoms with Crippen LogP contribution in [0, 0.1) is 0 Å². The molecule has 1 N–H and O–H groups in total. The third-order valence-corrected chi connectivity index (χ3v) is 6.03. The number of hydrogen-bond acceptors (Lipinski definition) is 5. The molecule has 1 rings (SSSR count). The Morgan fingerprint density at radius 2 is 1.81 bits per heavy atom. The molecule has 9 heteroatoms. The lowest BCUT2D eigenvalue weighted by Crippen LogP contribution is -2.54. The van der Waals surface area contributed by atoms with Gasteiger partial charge in [0.15, 0.2) is 5.96 Å². The summed E-state index contributed by atoms with van der Waals surface area (Å²) in [5, 5.41) is 3.29. The van der Waals surface area contributed by atoms with Gasteiger partial charge in [-0.1, -0.05) is 13.3 Å². The van der Waals surface area contributed by atoms with Gasteiger partial charge in [0.2, 0.25) is 10.0 Å². The lowest BCUT2D eigenvalue weighted by Gasteiger charge is -2.35. The molecule has 0 bridgehead atoms. The van der Waals surface area contributed by atoms with Crippen molar-refractivity contribution in [1.82, 2.24) is 14.5 Å². The topological polar surface area (TPSA) is 83.5 Å². The molecule has 27 heavy (non-hydrogen) atoms. The molecule has 0 aliphatic carbocycles. The first kappa shape index (κ1) is 24.1. The van der Waals surface area contributed by atoms with E-state index >= 15 is 0 Å². The zero-order chi connectivity index (χ0) is 20.1. The van der Waals surface area contributed by atoms with E-state index in [4.69, 9.17) is 9.47 Å². The van der Waals surface area contributed by atoms with E-state index < -0.39 is 10.0 Å². The van der Waals surface area contributed by atoms with Crippen molar-refractivity contribution in [2.45, 2.75) is 46.6 Å². The van der Waals surface area contributed by atoms with Crippen LogP contribution in [-0.2, 0) is 19.5 Å². The van der Waals surface area contributed by atoms with E-state index in [2.05, 4.69) is 22.1 Å². The van der Waals surface area contributed by atoms with E-state index in [1.54, 1.807) is 4.31 Å². The molecule has 160 valence electrons. The number of aliphatic imine (C=N–C) groups is 1. The van der Waals surface area contributed by atoms with Gasteiger partial charge in [0.25, 0.3) is 0 Å². The summed E-state index contributed by atoms with van der Waals surface area (Å²) in [5.41, 5.74) is 0. The van der Waals surface area contributed by atoms with Gasteiger partial charge in [0.1, 0.15) is 0 Å². The van der Waals surface area contributed by atoms with Gasteiger partial charge in [-0.25, -0.2) is 8.42 Å². The first-order valence-electron chi connectivity index (χ1n) is 10.1. The third-order valence-electron chi connectivity index (χ3n) is 4.20. The maximum Gasteiger partial charge on any atom is 0.216 e. The highest BCUT2D eigenvalue weighted by Gasteiger charge is 2.27. The maximum absolute atomic E-state index is 12.4. The fourth-order valence-electron chi connectivity index (χ4n) is 2.69. The predicted molar refractivity (Wildman–Crippen MR) is 110 cm³/mol. The van der Waals surface area contributed by atoms with Crippen LogP contribution in [0.15, 0.2) is 4.99 Å². The third kappa shape index (κ3) is 9.73. The van der Waals surface area contributed by atoms with Crippen molar-refractivity contribution in [2.24, 2.45) is 4.99 Å². The molecule has 1 heterocycles. The Bertz CT molecular complexity index is 517. The second kappa shape index (κ2) is 13.3. The molecule has 8 nitrogen and oxygen atoms in total. The van der Waals surface area contributed by atoms with Crippen LogP contribution in [0.1, 0.15) is 40.5 Å². The van der Waals surface area contributed by atoms with E-state index in [1.165, 1.54) is 0 Å². The minimum absolute atomic E-state index is 0.0361. The molecule has 1 aliphatic heterocycles. The van der Waals surface area contributed by atoms with Gasteiger partial charge in [0, 0.05) is 39.3 Å². The number of guanidine groups is 1. The summed E-state index contributed by atoms with van der Waals surface area (Å²) in [4.78, 5) is 6.73. The molecule has 1 saturated heterocycles. The summed E-state index contributed by atoms with van der Waals surface area (Å²) in [6.45, 7) is 13.2. The van der Waals surface area contributed by atoms with Crippen LogP contribution in [0.4, 0.5) is 0 Å². The summed E-state index contributed by atoms with van der Waals surface area (Å²) in [6.07, 6.45) is 2.24. The first-order chi connectivity index (χ1) is 12.9. The summed E-state index contributed by atoms with van der Waals surface area (Å²) in [6, 6.07) is 0. The van der Waals surface area contributed by atoms with Crippen LogP contribution in [0.3, 0.4) is 0 Å². The minimum atomic E-state index is -3.27. The van der Waals surface area contributed by atoms with Crippen molar-refractivity contribution in [3.05, 3.63) is 0 Å². The van der Waals surface area contributed by atoms with Gasteiger partial charge in [-0.3, -0.25) is 4.99 Å². The number of hydrogen-bond donors (Lipinski definition) is 1. The van der Waals surface area contributed by atoms with Crippen molar-refractivity contribution in [1.29, 1.82) is 0 Å². The van der Waals surface area contributed by atoms with Gasteiger partial charge in [0.05, 0.1) is 31.6 Å². The molecule has 0 atom stereocenters. The zero-order valence-electron chi connectivity index (χ0n) is 17.4. The highest BCUT2D eigenvalue weighted by atomic mass is 32.2. The lowest BCUT2D eigenvalue weighted by molar-refractivity contribution is 0.0904. The van der Waals surface area contributed by atoms with Crippen LogP contribution in [-0.4, -0.2) is 94.5 Å². The fourth-order valence-corrected chi connectivity index (χ4v) is 3.97. The molecule has 0 saturated carbocycles. The van der Waals surface area contributed by atoms with Crippen molar-refractivity contribution >= 4 is 16.0 Å². The normalized spacial score (nSPS) is 16.9. The lowest BCUT2D eigenvalue weighted by atomic mass is 10.4. The molecule has 0 aromatic carbocycles. The second-order valence-electron chi connectivity index (χ2n) is 6.82. The Hall–Kier alpha value is -0.900. The van der Waals surface area contributed by atoms with Gasteiger partial charge < -0.3 is 19.7 Å². The molecule has 0 spiro atoms. The molecule has 0 aromatic rings. The smallest absolute Gasteiger partial charge is 0.216 e. The second-order valence-corrected chi connectivity index (χ2v) is 8.91. The van der Waals surface area contributed by atoms with Gasteiger partial charge in [-0.15, -0.1) is 0 Å². The van der Waals surface area contributed by atoms with E-state index in [1.807, 2.05) is 20.8 Å². The van der Waals surface area contributed by atoms with E-state index in [0.29, 0.717) is 39.3 Å². The SMILES string of the molecule is CCCCOCCN=C(NCC)N1CCN(S(=O)(=O)CCOC(C)C)CC1. The van der Waals surface area contributed by atoms with Crippen molar-refractivity contribution in [3.63, 3.8) is 0 Å². The molecule has 0 amide bonds. The Labute approximate surface area is 165 Å². The highest BCUT2D eigenvalue weighted by Crippen LogP contribution is 2.09. The Morgan fingerprint density at radius 1 is 1.11 bits per heavy atom. The maximum atomic E-state index is 12.4. The number of rotatable bonds is 12. The summed E-state index contributed by atoms with van der Waals surface area (Å²) < 4.78 is 37.4. The van der Waals surface area contributed by atoms with Gasteiger partial charge in [-0.2, -0.15) is 4.31 Å². The largest absolute Gasteiger partial charge is 0.380 e. The molecule has 1 aliphatic rings. The van der Waals surface area contributed by atoms with Crippen LogP contribution in [0.5, 0.6) is 0 Å². The fraction of sp³-hybridized carbons (Fsp3) is 0.944. The highest BCUT2D eigenvalue weighted by molar-refractivity contribution is 7.89. The van der Waals surface area contributed by atoms with Crippen molar-refractivity contribution in [2.75, 3.05) is 64.8 Å². The van der Waals surface area contributed by atoms with Crippen LogP contribution >= 0.6 is 0 Å². The van der Waals surface area contributed by atoms with Crippen molar-refractivity contribution < 1.29 is 17.9 Å². The Kier molecular flexibility index (Phi) is 11.9. The number of piperazine rings is 1. The number of nitrogens with zero attached hydrogens (tertiary/aromatic N) is 3. The van der Waals surface area contributed by atoms with E-state index in [-0.39, 0.29) is 18.5 Å². The molecule has 1 fully saturated rings. The summed E-state index contributed by atoms with van der Waals surface area (Å²) >= 11 is 0. The van der Waals surface area contributed by atoms with Crippen molar-refractivity contribution in [3.8, 4) is 0 Å². The Morgan fingerprint density at radius 3 is 2.41 bits per heavy atom. The predicted octanol–water partition coefficient (Wildman–Crippen LogP) is 1.14. The average Bonchev–Trinajstić information content (AvgIpc) is 2.63. The summed E-state index contributed by atoms with van der Waals surface area (Å²) in [5.74, 6) is 0.866. The molecule has 0 unspecified atom stereocenters. The van der Waals surface area contributed by atoms with Gasteiger partial charge >= 0.3 is 0 Å². The van der Waals surface area contributed by atoms with Gasteiger partial charge in [-0.05, 0) is 27.2 Å². The zero-order valence-corrected chi connectivity index (χ0v) is 18.3. The number of ether oxygens (including phenoxy) is 2. The molecule has 0 radical (unpaired) electrons. The van der Waals surface area contributed by atoms with E-state index in [9.17, 15) is 8.42 Å². The Balaban J connectivity index is 2.46. The van der Waals surface area contributed by atoms with Crippen LogP contribution in [0.25, 0.3) is 0 Å². The number of unbranched alkanes of at least 4 members (excludes halogenated alkanes) is 1. The summed E-state index contributed by atoms with van der Waals surface area (Å²) in [7, 11) is -3.27. The average molecular weight is 407 g/mol. The standard InChI is InChI=1S/C18H38N4O4S/c1-5-7-13-25-14-8-20-18(19-6-2)21-9-11-22(12-10-21)27(23,24)16-15-26-17(3)4/h17H,5-16H2,1-4H3,(H,19,20).